The Morgan fingerprint density at radius 1 is 1.19 bits per heavy atom. The molecule has 1 aliphatic heterocycles. The zero-order chi connectivity index (χ0) is 22.8. The number of tetrazole rings is 1. The van der Waals surface area contributed by atoms with Gasteiger partial charge in [-0.1, -0.05) is 6.07 Å². The average molecular weight is 447 g/mol. The molecule has 2 aromatic rings. The molecule has 1 aliphatic rings. The third-order valence-electron chi connectivity index (χ3n) is 4.90. The molecule has 0 bridgehead atoms. The van der Waals surface area contributed by atoms with Gasteiger partial charge in [-0.25, -0.2) is 0 Å². The predicted molar refractivity (Wildman–Crippen MR) is 97.5 cm³/mol. The average Bonchev–Trinajstić information content (AvgIpc) is 3.10. The summed E-state index contributed by atoms with van der Waals surface area (Å²) in [5, 5.41) is 11.3. The van der Waals surface area contributed by atoms with E-state index in [-0.39, 0.29) is 30.6 Å². The summed E-state index contributed by atoms with van der Waals surface area (Å²) >= 11 is 0. The topological polar surface area (TPSA) is 63.9 Å². The number of carbonyl (C=O) groups is 1. The maximum absolute atomic E-state index is 13.2. The minimum absolute atomic E-state index is 0.0324. The van der Waals surface area contributed by atoms with Crippen molar-refractivity contribution in [3.63, 3.8) is 0 Å². The number of carbonyl (C=O) groups excluding carboxylic acids is 1. The summed E-state index contributed by atoms with van der Waals surface area (Å²) in [7, 11) is 0. The van der Waals surface area contributed by atoms with Crippen LogP contribution in [-0.4, -0.2) is 49.8 Å². The van der Waals surface area contributed by atoms with E-state index in [2.05, 4.69) is 15.4 Å². The standard InChI is InChI=1S/C19H19F6N5O/c1-12-26-28-30(27-12)11-14-10-15(18(20,21)22)7-5-13(14)6-8-17(31)29-9-3-2-4-16(29)19(23,24)25/h5-8,10,16H,2-4,9,11H2,1H3/b8-6+/t16-/m1/s1. The molecular formula is C19H19F6N5O. The fourth-order valence-electron chi connectivity index (χ4n) is 3.42. The van der Waals surface area contributed by atoms with E-state index in [1.54, 1.807) is 6.92 Å². The molecule has 168 valence electrons. The molecule has 0 saturated carbocycles. The number of hydrogen-bond donors (Lipinski definition) is 0. The Labute approximate surface area is 173 Å². The van der Waals surface area contributed by atoms with E-state index < -0.39 is 29.9 Å². The van der Waals surface area contributed by atoms with Gasteiger partial charge >= 0.3 is 12.4 Å². The van der Waals surface area contributed by atoms with E-state index in [1.165, 1.54) is 6.08 Å². The van der Waals surface area contributed by atoms with Gasteiger partial charge in [-0.2, -0.15) is 31.1 Å². The number of benzene rings is 1. The van der Waals surface area contributed by atoms with Crippen molar-refractivity contribution in [2.45, 2.75) is 51.1 Å². The quantitative estimate of drug-likeness (QED) is 0.525. The van der Waals surface area contributed by atoms with Crippen molar-refractivity contribution in [1.82, 2.24) is 25.1 Å². The summed E-state index contributed by atoms with van der Waals surface area (Å²) < 4.78 is 79.1. The summed E-state index contributed by atoms with van der Waals surface area (Å²) in [6.07, 6.45) is -6.32. The molecule has 0 N–H and O–H groups in total. The molecule has 1 fully saturated rings. The fraction of sp³-hybridized carbons (Fsp3) is 0.474. The molecule has 1 saturated heterocycles. The predicted octanol–water partition coefficient (Wildman–Crippen LogP) is 4.01. The maximum Gasteiger partial charge on any atom is 0.416 e. The number of rotatable bonds is 4. The van der Waals surface area contributed by atoms with Gasteiger partial charge in [-0.3, -0.25) is 4.79 Å². The molecule has 0 unspecified atom stereocenters. The minimum atomic E-state index is -4.59. The summed E-state index contributed by atoms with van der Waals surface area (Å²) in [6.45, 7) is 1.37. The van der Waals surface area contributed by atoms with Gasteiger partial charge in [-0.05, 0) is 60.7 Å². The lowest BCUT2D eigenvalue weighted by Gasteiger charge is -2.36. The Bertz CT molecular complexity index is 965. The van der Waals surface area contributed by atoms with E-state index in [9.17, 15) is 31.1 Å². The van der Waals surface area contributed by atoms with Crippen LogP contribution in [0.3, 0.4) is 0 Å². The highest BCUT2D eigenvalue weighted by Crippen LogP contribution is 2.33. The third-order valence-corrected chi connectivity index (χ3v) is 4.90. The molecule has 31 heavy (non-hydrogen) atoms. The first-order valence-electron chi connectivity index (χ1n) is 9.45. The zero-order valence-electron chi connectivity index (χ0n) is 16.4. The second-order valence-electron chi connectivity index (χ2n) is 7.20. The fourth-order valence-corrected chi connectivity index (χ4v) is 3.42. The molecule has 6 nitrogen and oxygen atoms in total. The Balaban J connectivity index is 1.88. The smallest absolute Gasteiger partial charge is 0.327 e. The number of aromatic nitrogens is 4. The Hall–Kier alpha value is -2.92. The molecule has 1 aromatic carbocycles. The summed E-state index contributed by atoms with van der Waals surface area (Å²) in [4.78, 5) is 14.3. The van der Waals surface area contributed by atoms with E-state index >= 15 is 0 Å². The highest BCUT2D eigenvalue weighted by Gasteiger charge is 2.45. The number of aryl methyl sites for hydroxylation is 1. The lowest BCUT2D eigenvalue weighted by atomic mass is 10.0. The van der Waals surface area contributed by atoms with Crippen molar-refractivity contribution in [3.8, 4) is 0 Å². The van der Waals surface area contributed by atoms with Crippen LogP contribution in [0.15, 0.2) is 24.3 Å². The van der Waals surface area contributed by atoms with Crippen LogP contribution >= 0.6 is 0 Å². The van der Waals surface area contributed by atoms with Gasteiger partial charge in [0.15, 0.2) is 5.82 Å². The van der Waals surface area contributed by atoms with Crippen LogP contribution in [0.1, 0.15) is 41.8 Å². The number of piperidine rings is 1. The Morgan fingerprint density at radius 3 is 2.55 bits per heavy atom. The molecule has 0 radical (unpaired) electrons. The third kappa shape index (κ3) is 5.61. The highest BCUT2D eigenvalue weighted by atomic mass is 19.4. The first kappa shape index (κ1) is 22.8. The lowest BCUT2D eigenvalue weighted by molar-refractivity contribution is -0.193. The monoisotopic (exact) mass is 447 g/mol. The van der Waals surface area contributed by atoms with Crippen LogP contribution in [0.4, 0.5) is 26.3 Å². The van der Waals surface area contributed by atoms with Crippen molar-refractivity contribution in [2.24, 2.45) is 0 Å². The van der Waals surface area contributed by atoms with Gasteiger partial charge in [0.2, 0.25) is 5.91 Å². The van der Waals surface area contributed by atoms with Gasteiger partial charge in [0, 0.05) is 12.6 Å². The van der Waals surface area contributed by atoms with Gasteiger partial charge in [-0.15, -0.1) is 10.2 Å². The van der Waals surface area contributed by atoms with Crippen molar-refractivity contribution >= 4 is 12.0 Å². The van der Waals surface area contributed by atoms with E-state index in [1.807, 2.05) is 0 Å². The van der Waals surface area contributed by atoms with Crippen LogP contribution in [0, 0.1) is 6.92 Å². The zero-order valence-corrected chi connectivity index (χ0v) is 16.4. The van der Waals surface area contributed by atoms with Crippen LogP contribution in [0.2, 0.25) is 0 Å². The van der Waals surface area contributed by atoms with Gasteiger partial charge < -0.3 is 4.90 Å². The molecule has 1 atom stereocenters. The van der Waals surface area contributed by atoms with E-state index in [4.69, 9.17) is 0 Å². The Kier molecular flexibility index (Phi) is 6.37. The van der Waals surface area contributed by atoms with Crippen LogP contribution < -0.4 is 0 Å². The SMILES string of the molecule is Cc1nnn(Cc2cc(C(F)(F)F)ccc2/C=C/C(=O)N2CCCC[C@@H]2C(F)(F)F)n1. The van der Waals surface area contributed by atoms with Gasteiger partial charge in [0.1, 0.15) is 6.04 Å². The van der Waals surface area contributed by atoms with Crippen molar-refractivity contribution < 1.29 is 31.1 Å². The second-order valence-corrected chi connectivity index (χ2v) is 7.20. The molecule has 3 rings (SSSR count). The first-order chi connectivity index (χ1) is 14.4. The lowest BCUT2D eigenvalue weighted by Crippen LogP contribution is -2.50. The molecule has 0 aliphatic carbocycles. The van der Waals surface area contributed by atoms with Crippen LogP contribution in [0.5, 0.6) is 0 Å². The van der Waals surface area contributed by atoms with Crippen LogP contribution in [0.25, 0.3) is 6.08 Å². The number of hydrogen-bond acceptors (Lipinski definition) is 4. The molecule has 12 heteroatoms. The normalized spacial score (nSPS) is 18.0. The first-order valence-corrected chi connectivity index (χ1v) is 9.45. The van der Waals surface area contributed by atoms with E-state index in [0.717, 1.165) is 34.0 Å². The molecule has 1 aromatic heterocycles. The summed E-state index contributed by atoms with van der Waals surface area (Å²) in [5.41, 5.74) is -0.532. The maximum atomic E-state index is 13.2. The summed E-state index contributed by atoms with van der Waals surface area (Å²) in [5.74, 6) is -0.523. The highest BCUT2D eigenvalue weighted by molar-refractivity contribution is 5.92. The van der Waals surface area contributed by atoms with Gasteiger partial charge in [0.05, 0.1) is 12.1 Å². The molecule has 1 amide bonds. The van der Waals surface area contributed by atoms with E-state index in [0.29, 0.717) is 18.7 Å². The number of amides is 1. The Morgan fingerprint density at radius 2 is 1.94 bits per heavy atom. The number of nitrogens with zero attached hydrogens (tertiary/aromatic N) is 5. The summed E-state index contributed by atoms with van der Waals surface area (Å²) in [6, 6.07) is 1.02. The van der Waals surface area contributed by atoms with Crippen molar-refractivity contribution in [3.05, 3.63) is 46.8 Å². The van der Waals surface area contributed by atoms with Crippen molar-refractivity contribution in [1.29, 1.82) is 0 Å². The number of halogens is 6. The largest absolute Gasteiger partial charge is 0.416 e. The van der Waals surface area contributed by atoms with Crippen molar-refractivity contribution in [2.75, 3.05) is 6.54 Å². The van der Waals surface area contributed by atoms with Gasteiger partial charge in [0.25, 0.3) is 0 Å². The second kappa shape index (κ2) is 8.67. The number of likely N-dealkylation sites (tertiary alicyclic amines) is 1. The minimum Gasteiger partial charge on any atom is -0.327 e. The molecule has 0 spiro atoms. The molecule has 2 heterocycles. The number of alkyl halides is 6. The molecular weight excluding hydrogens is 428 g/mol. The van der Waals surface area contributed by atoms with Crippen LogP contribution in [-0.2, 0) is 17.5 Å².